The maximum Gasteiger partial charge on any atom is 0.424 e. The summed E-state index contributed by atoms with van der Waals surface area (Å²) in [4.78, 5) is 14.8. The van der Waals surface area contributed by atoms with Gasteiger partial charge in [0.15, 0.2) is 12.3 Å². The number of benzene rings is 1. The summed E-state index contributed by atoms with van der Waals surface area (Å²) >= 11 is 0. The molecule has 168 valence electrons. The lowest BCUT2D eigenvalue weighted by Crippen LogP contribution is -2.58. The van der Waals surface area contributed by atoms with Crippen LogP contribution in [0.3, 0.4) is 0 Å². The van der Waals surface area contributed by atoms with Crippen molar-refractivity contribution in [3.63, 3.8) is 0 Å². The monoisotopic (exact) mass is 439 g/mol. The molecule has 1 heterocycles. The molecular weight excluding hydrogens is 414 g/mol. The third-order valence-corrected chi connectivity index (χ3v) is 5.73. The Balaban J connectivity index is 1.95. The van der Waals surface area contributed by atoms with Crippen LogP contribution in [0, 0.1) is 0 Å². The first-order valence-corrected chi connectivity index (χ1v) is 10.1. The minimum Gasteiger partial charge on any atom is -0.374 e. The number of alkyl halides is 4. The molecule has 1 aromatic rings. The van der Waals surface area contributed by atoms with Gasteiger partial charge in [-0.25, -0.2) is 4.39 Å². The number of hydrogen-bond donors (Lipinski definition) is 1. The van der Waals surface area contributed by atoms with E-state index >= 15 is 0 Å². The zero-order valence-corrected chi connectivity index (χ0v) is 17.3. The highest BCUT2D eigenvalue weighted by Crippen LogP contribution is 2.48. The van der Waals surface area contributed by atoms with Gasteiger partial charge in [-0.15, -0.1) is 0 Å². The van der Waals surface area contributed by atoms with Crippen LogP contribution in [0.2, 0.25) is 0 Å². The average molecular weight is 439 g/mol. The van der Waals surface area contributed by atoms with E-state index in [0.29, 0.717) is 42.6 Å². The molecule has 0 spiro atoms. The highest BCUT2D eigenvalue weighted by Gasteiger charge is 2.65. The minimum absolute atomic E-state index is 0.341. The summed E-state index contributed by atoms with van der Waals surface area (Å²) in [5.74, 6) is -0.341. The molecule has 1 N–H and O–H groups in total. The number of carbonyl (C=O) groups excluding carboxylic acids is 1. The van der Waals surface area contributed by atoms with Gasteiger partial charge in [-0.3, -0.25) is 4.79 Å². The number of rotatable bonds is 4. The summed E-state index contributed by atoms with van der Waals surface area (Å²) in [6.45, 7) is 2.05. The third-order valence-electron chi connectivity index (χ3n) is 5.73. The highest BCUT2D eigenvalue weighted by molar-refractivity contribution is 5.84. The van der Waals surface area contributed by atoms with E-state index < -0.39 is 29.6 Å². The van der Waals surface area contributed by atoms with Gasteiger partial charge in [-0.2, -0.15) is 13.2 Å². The summed E-state index contributed by atoms with van der Waals surface area (Å²) in [7, 11) is 1.42. The molecule has 0 saturated carbocycles. The molecule has 1 fully saturated rings. The molecule has 2 unspecified atom stereocenters. The maximum absolute atomic E-state index is 13.7. The van der Waals surface area contributed by atoms with Crippen molar-refractivity contribution >= 4 is 5.91 Å². The fraction of sp³-hybridized carbons (Fsp3) is 0.435. The van der Waals surface area contributed by atoms with Crippen molar-refractivity contribution in [3.05, 3.63) is 71.0 Å². The molecule has 8 heteroatoms. The Kier molecular flexibility index (Phi) is 6.71. The van der Waals surface area contributed by atoms with Gasteiger partial charge in [0, 0.05) is 19.4 Å². The Labute approximate surface area is 178 Å². The number of halogens is 4. The second-order valence-electron chi connectivity index (χ2n) is 7.60. The largest absolute Gasteiger partial charge is 0.424 e. The Hall–Kier alpha value is -2.45. The molecule has 0 bridgehead atoms. The van der Waals surface area contributed by atoms with E-state index in [1.165, 1.54) is 12.0 Å². The van der Waals surface area contributed by atoms with Gasteiger partial charge in [-0.1, -0.05) is 42.5 Å². The van der Waals surface area contributed by atoms with E-state index in [-0.39, 0.29) is 5.91 Å². The molecule has 0 aromatic heterocycles. The summed E-state index contributed by atoms with van der Waals surface area (Å²) < 4.78 is 59.0. The van der Waals surface area contributed by atoms with Gasteiger partial charge in [0.05, 0.1) is 0 Å². The first-order valence-electron chi connectivity index (χ1n) is 10.1. The van der Waals surface area contributed by atoms with Gasteiger partial charge in [0.1, 0.15) is 0 Å². The number of likely N-dealkylation sites (tertiary alicyclic amines) is 1. The van der Waals surface area contributed by atoms with E-state index in [1.807, 2.05) is 6.07 Å². The van der Waals surface area contributed by atoms with Gasteiger partial charge in [0.25, 0.3) is 5.91 Å². The lowest BCUT2D eigenvalue weighted by Gasteiger charge is -2.40. The van der Waals surface area contributed by atoms with E-state index in [2.05, 4.69) is 0 Å². The van der Waals surface area contributed by atoms with Crippen molar-refractivity contribution in [2.75, 3.05) is 13.7 Å². The number of hydrogen-bond acceptors (Lipinski definition) is 3. The Morgan fingerprint density at radius 3 is 2.52 bits per heavy atom. The van der Waals surface area contributed by atoms with Crippen LogP contribution >= 0.6 is 0 Å². The van der Waals surface area contributed by atoms with Crippen LogP contribution in [0.5, 0.6) is 0 Å². The fourth-order valence-electron chi connectivity index (χ4n) is 4.01. The molecule has 2 aliphatic rings. The lowest BCUT2D eigenvalue weighted by atomic mass is 9.76. The highest BCUT2D eigenvalue weighted by atomic mass is 19.4. The van der Waals surface area contributed by atoms with Gasteiger partial charge >= 0.3 is 6.18 Å². The predicted octanol–water partition coefficient (Wildman–Crippen LogP) is 4.79. The number of carbonyl (C=O) groups is 1. The molecule has 3 rings (SSSR count). The van der Waals surface area contributed by atoms with Crippen molar-refractivity contribution in [2.45, 2.75) is 50.2 Å². The van der Waals surface area contributed by atoms with Crippen molar-refractivity contribution in [2.24, 2.45) is 0 Å². The zero-order chi connectivity index (χ0) is 22.8. The van der Waals surface area contributed by atoms with E-state index in [9.17, 15) is 27.5 Å². The zero-order valence-electron chi connectivity index (χ0n) is 17.3. The van der Waals surface area contributed by atoms with Crippen LogP contribution in [-0.4, -0.2) is 47.5 Å². The summed E-state index contributed by atoms with van der Waals surface area (Å²) in [6.07, 6.45) is -3.30. The molecular formula is C23H25F4NO3. The number of methoxy groups -OCH3 is 1. The molecule has 0 radical (unpaired) electrons. The van der Waals surface area contributed by atoms with Crippen LogP contribution in [0.15, 0.2) is 65.4 Å². The summed E-state index contributed by atoms with van der Waals surface area (Å²) in [5.41, 5.74) is -2.53. The van der Waals surface area contributed by atoms with Crippen molar-refractivity contribution < 1.29 is 32.2 Å². The predicted molar refractivity (Wildman–Crippen MR) is 108 cm³/mol. The topological polar surface area (TPSA) is 49.8 Å². The summed E-state index contributed by atoms with van der Waals surface area (Å²) in [5, 5.41) is 9.95. The Bertz CT molecular complexity index is 907. The maximum atomic E-state index is 13.7. The van der Waals surface area contributed by atoms with E-state index in [1.54, 1.807) is 37.3 Å². The number of allylic oxidation sites excluding steroid dienone is 2. The van der Waals surface area contributed by atoms with Crippen LogP contribution in [0.4, 0.5) is 17.6 Å². The van der Waals surface area contributed by atoms with E-state index in [0.717, 1.165) is 12.2 Å². The molecule has 3 atom stereocenters. The van der Waals surface area contributed by atoms with Crippen LogP contribution < -0.4 is 0 Å². The molecule has 1 amide bonds. The molecule has 4 nitrogen and oxygen atoms in total. The minimum atomic E-state index is -5.14. The smallest absolute Gasteiger partial charge is 0.374 e. The molecule has 31 heavy (non-hydrogen) atoms. The molecule has 1 aromatic carbocycles. The first-order chi connectivity index (χ1) is 14.6. The normalized spacial score (nSPS) is 28.2. The van der Waals surface area contributed by atoms with Crippen LogP contribution in [-0.2, 0) is 9.53 Å². The lowest BCUT2D eigenvalue weighted by molar-refractivity contribution is -0.265. The average Bonchev–Trinajstić information content (AvgIpc) is 2.95. The van der Waals surface area contributed by atoms with Crippen LogP contribution in [0.25, 0.3) is 0 Å². The number of aliphatic hydroxyl groups is 1. The number of amides is 1. The Morgan fingerprint density at radius 2 is 1.97 bits per heavy atom. The molecule has 1 saturated heterocycles. The van der Waals surface area contributed by atoms with E-state index in [4.69, 9.17) is 4.74 Å². The molecule has 1 aliphatic heterocycles. The van der Waals surface area contributed by atoms with Crippen LogP contribution in [0.1, 0.15) is 37.9 Å². The van der Waals surface area contributed by atoms with Crippen molar-refractivity contribution in [1.29, 1.82) is 0 Å². The quantitative estimate of drug-likeness (QED) is 0.687. The second kappa shape index (κ2) is 8.96. The first kappa shape index (κ1) is 23.2. The number of ether oxygens (including phenoxy) is 1. The van der Waals surface area contributed by atoms with Crippen molar-refractivity contribution in [3.8, 4) is 0 Å². The Morgan fingerprint density at radius 1 is 1.29 bits per heavy atom. The summed E-state index contributed by atoms with van der Waals surface area (Å²) in [6, 6.07) is 8.91. The second-order valence-corrected chi connectivity index (χ2v) is 7.60. The van der Waals surface area contributed by atoms with Crippen molar-refractivity contribution in [1.82, 2.24) is 4.90 Å². The number of nitrogens with zero attached hydrogens (tertiary/aromatic N) is 1. The third kappa shape index (κ3) is 4.19. The SMILES string of the molecule is CC=C1/C(=C\C2=CC(F)C2(O)C(F)(F)F)CCCCN1C(=O)[C@@H](OC)c1ccccc1. The fourth-order valence-corrected chi connectivity index (χ4v) is 4.01. The molecule has 1 aliphatic carbocycles. The standard InChI is InChI=1S/C23H25F4NO3/c1-3-18-16(13-17-14-19(24)22(17,30)23(25,26)27)11-7-8-12-28(18)21(29)20(31-2)15-9-5-4-6-10-15/h3-6,9-10,13-14,19-20,30H,7-8,11-12H2,1-2H3/b16-13-,18-3?/t19?,20-,22?/m0/s1. The van der Waals surface area contributed by atoms with Gasteiger partial charge in [0.2, 0.25) is 5.60 Å². The van der Waals surface area contributed by atoms with Gasteiger partial charge in [-0.05, 0) is 49.0 Å². The van der Waals surface area contributed by atoms with Gasteiger partial charge < -0.3 is 14.7 Å².